The summed E-state index contributed by atoms with van der Waals surface area (Å²) in [5.41, 5.74) is 2.83. The van der Waals surface area contributed by atoms with Crippen LogP contribution in [0.1, 0.15) is 30.1 Å². The number of halogens is 2. The number of nitrogens with zero attached hydrogens (tertiary/aromatic N) is 2. The smallest absolute Gasteiger partial charge is 0.322 e. The van der Waals surface area contributed by atoms with Crippen molar-refractivity contribution >= 4 is 34.9 Å². The number of β-amino-alcohol motifs (C(OH)–C–C–N with tert-alkyl or cyclic N) is 1. The quantitative estimate of drug-likeness (QED) is 0.764. The second-order valence-corrected chi connectivity index (χ2v) is 8.25. The molecule has 2 aromatic rings. The predicted molar refractivity (Wildman–Crippen MR) is 112 cm³/mol. The molecule has 28 heavy (non-hydrogen) atoms. The third-order valence-electron chi connectivity index (χ3n) is 5.62. The summed E-state index contributed by atoms with van der Waals surface area (Å²) in [6.45, 7) is 2.88. The highest BCUT2D eigenvalue weighted by molar-refractivity contribution is 6.42. The Morgan fingerprint density at radius 2 is 1.86 bits per heavy atom. The molecule has 2 N–H and O–H groups in total. The van der Waals surface area contributed by atoms with Crippen molar-refractivity contribution in [1.29, 1.82) is 0 Å². The molecule has 4 rings (SSSR count). The van der Waals surface area contributed by atoms with Crippen molar-refractivity contribution in [2.24, 2.45) is 0 Å². The van der Waals surface area contributed by atoms with E-state index < -0.39 is 6.10 Å². The van der Waals surface area contributed by atoms with Gasteiger partial charge in [-0.25, -0.2) is 4.79 Å². The Hall–Kier alpha value is -1.79. The number of carbonyl (C=O) groups excluding carboxylic acids is 1. The van der Waals surface area contributed by atoms with Gasteiger partial charge in [0.1, 0.15) is 0 Å². The molecule has 2 aromatic carbocycles. The molecular weight excluding hydrogens is 397 g/mol. The van der Waals surface area contributed by atoms with Crippen LogP contribution < -0.4 is 5.32 Å². The predicted octanol–water partition coefficient (Wildman–Crippen LogP) is 4.54. The number of aliphatic hydroxyl groups excluding tert-OH is 1. The second-order valence-electron chi connectivity index (χ2n) is 7.44. The van der Waals surface area contributed by atoms with Crippen LogP contribution in [0.2, 0.25) is 10.0 Å². The average Bonchev–Trinajstić information content (AvgIpc) is 2.70. The van der Waals surface area contributed by atoms with Crippen LogP contribution in [0.15, 0.2) is 42.5 Å². The van der Waals surface area contributed by atoms with Crippen molar-refractivity contribution in [2.75, 3.05) is 25.0 Å². The van der Waals surface area contributed by atoms with Gasteiger partial charge in [0.15, 0.2) is 0 Å². The number of nitrogens with one attached hydrogen (secondary N) is 1. The van der Waals surface area contributed by atoms with Gasteiger partial charge in [0.05, 0.1) is 16.1 Å². The van der Waals surface area contributed by atoms with Crippen molar-refractivity contribution in [3.63, 3.8) is 0 Å². The van der Waals surface area contributed by atoms with E-state index in [-0.39, 0.29) is 12.1 Å². The summed E-state index contributed by atoms with van der Waals surface area (Å²) in [4.78, 5) is 16.7. The number of para-hydroxylation sites is 1. The Morgan fingerprint density at radius 1 is 1.11 bits per heavy atom. The number of benzene rings is 2. The molecule has 7 heteroatoms. The monoisotopic (exact) mass is 419 g/mol. The van der Waals surface area contributed by atoms with Crippen LogP contribution in [0, 0.1) is 0 Å². The fraction of sp³-hybridized carbons (Fsp3) is 0.381. The van der Waals surface area contributed by atoms with Gasteiger partial charge < -0.3 is 20.2 Å². The Kier molecular flexibility index (Phi) is 5.78. The van der Waals surface area contributed by atoms with Crippen LogP contribution in [0.3, 0.4) is 0 Å². The third-order valence-corrected chi connectivity index (χ3v) is 6.36. The first-order valence-corrected chi connectivity index (χ1v) is 10.3. The normalized spacial score (nSPS) is 19.2. The maximum absolute atomic E-state index is 12.5. The van der Waals surface area contributed by atoms with Crippen molar-refractivity contribution < 1.29 is 9.90 Å². The van der Waals surface area contributed by atoms with E-state index in [9.17, 15) is 9.90 Å². The number of urea groups is 1. The topological polar surface area (TPSA) is 55.8 Å². The molecule has 0 aromatic heterocycles. The molecule has 2 aliphatic heterocycles. The van der Waals surface area contributed by atoms with Gasteiger partial charge in [-0.05, 0) is 42.2 Å². The van der Waals surface area contributed by atoms with Gasteiger partial charge in [0, 0.05) is 37.9 Å². The minimum atomic E-state index is -0.614. The molecule has 2 amide bonds. The van der Waals surface area contributed by atoms with Crippen molar-refractivity contribution in [3.8, 4) is 0 Å². The number of piperidine rings is 1. The average molecular weight is 420 g/mol. The number of hydrogen-bond acceptors (Lipinski definition) is 3. The van der Waals surface area contributed by atoms with Gasteiger partial charge in [0.25, 0.3) is 0 Å². The zero-order chi connectivity index (χ0) is 19.7. The van der Waals surface area contributed by atoms with E-state index in [1.807, 2.05) is 23.1 Å². The molecule has 0 radical (unpaired) electrons. The zero-order valence-electron chi connectivity index (χ0n) is 15.4. The number of aliphatic hydroxyl groups is 1. The van der Waals surface area contributed by atoms with Crippen molar-refractivity contribution in [1.82, 2.24) is 9.80 Å². The van der Waals surface area contributed by atoms with E-state index in [1.165, 1.54) is 0 Å². The molecule has 0 aliphatic carbocycles. The maximum atomic E-state index is 12.5. The fourth-order valence-corrected chi connectivity index (χ4v) is 4.31. The largest absolute Gasteiger partial charge is 0.387 e. The first-order chi connectivity index (χ1) is 13.5. The third kappa shape index (κ3) is 4.13. The SMILES string of the molecule is O=C1Nc2ccccc2CN1C1CCN(C[C@H](O)c2ccc(Cl)c(Cl)c2)CC1. The molecule has 2 aliphatic rings. The number of hydrogen-bond donors (Lipinski definition) is 2. The van der Waals surface area contributed by atoms with E-state index in [4.69, 9.17) is 23.2 Å². The highest BCUT2D eigenvalue weighted by atomic mass is 35.5. The molecule has 0 saturated carbocycles. The number of carbonyl (C=O) groups is 1. The van der Waals surface area contributed by atoms with E-state index >= 15 is 0 Å². The second kappa shape index (κ2) is 8.29. The van der Waals surface area contributed by atoms with E-state index in [0.717, 1.165) is 42.7 Å². The van der Waals surface area contributed by atoms with E-state index in [0.29, 0.717) is 23.1 Å². The summed E-state index contributed by atoms with van der Waals surface area (Å²) >= 11 is 12.0. The Labute approximate surface area is 174 Å². The molecular formula is C21H23Cl2N3O2. The number of rotatable bonds is 4. The van der Waals surface area contributed by atoms with Gasteiger partial charge in [-0.2, -0.15) is 0 Å². The lowest BCUT2D eigenvalue weighted by molar-refractivity contribution is 0.0747. The van der Waals surface area contributed by atoms with E-state index in [1.54, 1.807) is 18.2 Å². The number of likely N-dealkylation sites (tertiary alicyclic amines) is 1. The van der Waals surface area contributed by atoms with Crippen molar-refractivity contribution in [3.05, 3.63) is 63.6 Å². The Morgan fingerprint density at radius 3 is 2.61 bits per heavy atom. The van der Waals surface area contributed by atoms with Crippen LogP contribution in [0.5, 0.6) is 0 Å². The van der Waals surface area contributed by atoms with E-state index in [2.05, 4.69) is 16.3 Å². The fourth-order valence-electron chi connectivity index (χ4n) is 4.00. The van der Waals surface area contributed by atoms with Gasteiger partial charge >= 0.3 is 6.03 Å². The van der Waals surface area contributed by atoms with Crippen LogP contribution in [-0.4, -0.2) is 46.6 Å². The summed E-state index contributed by atoms with van der Waals surface area (Å²) in [5, 5.41) is 14.5. The molecule has 1 fully saturated rings. The number of amides is 2. The van der Waals surface area contributed by atoms with Crippen LogP contribution >= 0.6 is 23.2 Å². The highest BCUT2D eigenvalue weighted by Gasteiger charge is 2.31. The number of fused-ring (bicyclic) bond motifs is 1. The molecule has 0 spiro atoms. The van der Waals surface area contributed by atoms with Gasteiger partial charge in [-0.1, -0.05) is 47.5 Å². The zero-order valence-corrected chi connectivity index (χ0v) is 17.0. The first-order valence-electron chi connectivity index (χ1n) is 9.52. The Balaban J connectivity index is 1.33. The van der Waals surface area contributed by atoms with Crippen LogP contribution in [0.4, 0.5) is 10.5 Å². The molecule has 2 heterocycles. The lowest BCUT2D eigenvalue weighted by Gasteiger charge is -2.41. The van der Waals surface area contributed by atoms with Gasteiger partial charge in [0.2, 0.25) is 0 Å². The lowest BCUT2D eigenvalue weighted by Crippen LogP contribution is -2.50. The summed E-state index contributed by atoms with van der Waals surface area (Å²) in [6.07, 6.45) is 1.17. The number of anilines is 1. The summed E-state index contributed by atoms with van der Waals surface area (Å²) < 4.78 is 0. The minimum absolute atomic E-state index is 0.0204. The highest BCUT2D eigenvalue weighted by Crippen LogP contribution is 2.29. The summed E-state index contributed by atoms with van der Waals surface area (Å²) in [5.74, 6) is 0. The van der Waals surface area contributed by atoms with Crippen LogP contribution in [0.25, 0.3) is 0 Å². The van der Waals surface area contributed by atoms with Crippen molar-refractivity contribution in [2.45, 2.75) is 31.5 Å². The minimum Gasteiger partial charge on any atom is -0.387 e. The molecule has 1 saturated heterocycles. The lowest BCUT2D eigenvalue weighted by atomic mass is 10.00. The molecule has 0 unspecified atom stereocenters. The molecule has 5 nitrogen and oxygen atoms in total. The van der Waals surface area contributed by atoms with Gasteiger partial charge in [-0.15, -0.1) is 0 Å². The molecule has 1 atom stereocenters. The molecule has 148 valence electrons. The standard InChI is InChI=1S/C21H23Cl2N3O2/c22-17-6-5-14(11-18(17)23)20(27)13-25-9-7-16(8-10-25)26-12-15-3-1-2-4-19(15)24-21(26)28/h1-6,11,16,20,27H,7-10,12-13H2,(H,24,28)/t20-/m0/s1. The maximum Gasteiger partial charge on any atom is 0.322 e. The van der Waals surface area contributed by atoms with Crippen LogP contribution in [-0.2, 0) is 6.54 Å². The summed E-state index contributed by atoms with van der Waals surface area (Å²) in [6, 6.07) is 13.4. The Bertz CT molecular complexity index is 868. The first kappa shape index (κ1) is 19.5. The van der Waals surface area contributed by atoms with Gasteiger partial charge in [-0.3, -0.25) is 0 Å². The summed E-state index contributed by atoms with van der Waals surface area (Å²) in [7, 11) is 0. The molecule has 0 bridgehead atoms.